The first kappa shape index (κ1) is 15.1. The maximum Gasteiger partial charge on any atom is 0.339 e. The summed E-state index contributed by atoms with van der Waals surface area (Å²) in [6, 6.07) is 10.1. The van der Waals surface area contributed by atoms with Crippen molar-refractivity contribution in [1.29, 1.82) is 0 Å². The van der Waals surface area contributed by atoms with E-state index in [0.29, 0.717) is 5.56 Å². The smallest absolute Gasteiger partial charge is 0.339 e. The van der Waals surface area contributed by atoms with Gasteiger partial charge in [-0.1, -0.05) is 35.4 Å². The number of nitrogens with one attached hydrogen (secondary N) is 1. The number of rotatable bonds is 3. The number of anilines is 1. The Morgan fingerprint density at radius 3 is 2.52 bits per heavy atom. The predicted molar refractivity (Wildman–Crippen MR) is 82.3 cm³/mol. The monoisotopic (exact) mass is 303 g/mol. The third-order valence-electron chi connectivity index (χ3n) is 3.11. The van der Waals surface area contributed by atoms with E-state index in [1.807, 2.05) is 26.0 Å². The summed E-state index contributed by atoms with van der Waals surface area (Å²) in [5.41, 5.74) is 2.34. The minimum atomic E-state index is -1.18. The molecular weight excluding hydrogens is 290 g/mol. The Kier molecular flexibility index (Phi) is 4.29. The molecule has 0 saturated heterocycles. The number of hydrogen-bond acceptors (Lipinski definition) is 2. The summed E-state index contributed by atoms with van der Waals surface area (Å²) in [5.74, 6) is -1.54. The highest BCUT2D eigenvalue weighted by Crippen LogP contribution is 2.25. The molecule has 2 aromatic carbocycles. The molecule has 0 aliphatic rings. The van der Waals surface area contributed by atoms with Crippen LogP contribution in [0.3, 0.4) is 0 Å². The molecule has 5 heteroatoms. The Morgan fingerprint density at radius 2 is 1.86 bits per heavy atom. The van der Waals surface area contributed by atoms with Gasteiger partial charge in [0.15, 0.2) is 0 Å². The van der Waals surface area contributed by atoms with Crippen LogP contribution in [-0.2, 0) is 0 Å². The molecule has 0 radical (unpaired) electrons. The minimum absolute atomic E-state index is 0.0845. The molecule has 2 rings (SSSR count). The minimum Gasteiger partial charge on any atom is -0.478 e. The molecule has 0 heterocycles. The number of amides is 1. The van der Waals surface area contributed by atoms with Gasteiger partial charge in [0, 0.05) is 5.56 Å². The van der Waals surface area contributed by atoms with Crippen LogP contribution in [0, 0.1) is 13.8 Å². The topological polar surface area (TPSA) is 66.4 Å². The van der Waals surface area contributed by atoms with Gasteiger partial charge >= 0.3 is 5.97 Å². The van der Waals surface area contributed by atoms with E-state index in [-0.39, 0.29) is 22.2 Å². The molecule has 2 aromatic rings. The highest BCUT2D eigenvalue weighted by molar-refractivity contribution is 6.34. The fourth-order valence-corrected chi connectivity index (χ4v) is 2.27. The molecule has 0 aromatic heterocycles. The van der Waals surface area contributed by atoms with Gasteiger partial charge in [0.1, 0.15) is 5.56 Å². The number of carbonyl (C=O) groups is 2. The molecule has 0 unspecified atom stereocenters. The van der Waals surface area contributed by atoms with E-state index in [9.17, 15) is 14.7 Å². The van der Waals surface area contributed by atoms with Gasteiger partial charge in [-0.15, -0.1) is 0 Å². The highest BCUT2D eigenvalue weighted by atomic mass is 35.5. The van der Waals surface area contributed by atoms with Crippen LogP contribution in [-0.4, -0.2) is 17.0 Å². The fourth-order valence-electron chi connectivity index (χ4n) is 2.02. The molecule has 1 amide bonds. The van der Waals surface area contributed by atoms with Gasteiger partial charge in [0.25, 0.3) is 5.91 Å². The molecule has 21 heavy (non-hydrogen) atoms. The van der Waals surface area contributed by atoms with Gasteiger partial charge in [-0.3, -0.25) is 4.79 Å². The Morgan fingerprint density at radius 1 is 1.14 bits per heavy atom. The van der Waals surface area contributed by atoms with Crippen molar-refractivity contribution in [2.45, 2.75) is 13.8 Å². The Balaban J connectivity index is 2.39. The van der Waals surface area contributed by atoms with Crippen molar-refractivity contribution in [3.8, 4) is 0 Å². The van der Waals surface area contributed by atoms with Gasteiger partial charge in [-0.25, -0.2) is 4.79 Å². The van der Waals surface area contributed by atoms with Crippen LogP contribution < -0.4 is 5.32 Å². The zero-order valence-electron chi connectivity index (χ0n) is 11.6. The summed E-state index contributed by atoms with van der Waals surface area (Å²) in [6.45, 7) is 3.71. The van der Waals surface area contributed by atoms with E-state index in [1.54, 1.807) is 12.1 Å². The van der Waals surface area contributed by atoms with Crippen LogP contribution in [0.25, 0.3) is 0 Å². The number of benzene rings is 2. The van der Waals surface area contributed by atoms with E-state index in [2.05, 4.69) is 5.32 Å². The van der Waals surface area contributed by atoms with E-state index in [0.717, 1.165) is 11.1 Å². The second-order valence-electron chi connectivity index (χ2n) is 4.74. The third kappa shape index (κ3) is 3.23. The van der Waals surface area contributed by atoms with Crippen molar-refractivity contribution in [2.24, 2.45) is 0 Å². The molecule has 0 bridgehead atoms. The summed E-state index contributed by atoms with van der Waals surface area (Å²) in [4.78, 5) is 23.6. The number of aryl methyl sites for hydroxylation is 2. The zero-order valence-corrected chi connectivity index (χ0v) is 12.4. The van der Waals surface area contributed by atoms with E-state index in [4.69, 9.17) is 11.6 Å². The molecule has 0 aliphatic heterocycles. The molecule has 0 fully saturated rings. The first-order chi connectivity index (χ1) is 9.90. The molecular formula is C16H14ClNO3. The van der Waals surface area contributed by atoms with Crippen molar-refractivity contribution in [1.82, 2.24) is 0 Å². The average molecular weight is 304 g/mol. The molecule has 4 nitrogen and oxygen atoms in total. The van der Waals surface area contributed by atoms with Crippen LogP contribution in [0.2, 0.25) is 5.02 Å². The van der Waals surface area contributed by atoms with Crippen LogP contribution >= 0.6 is 11.6 Å². The summed E-state index contributed by atoms with van der Waals surface area (Å²) in [5, 5.41) is 11.9. The second kappa shape index (κ2) is 5.97. The number of aromatic carboxylic acids is 1. The molecule has 0 atom stereocenters. The number of carboxylic acid groups (broad SMARTS) is 1. The largest absolute Gasteiger partial charge is 0.478 e. The van der Waals surface area contributed by atoms with E-state index < -0.39 is 5.97 Å². The van der Waals surface area contributed by atoms with Crippen LogP contribution in [0.1, 0.15) is 31.8 Å². The van der Waals surface area contributed by atoms with Crippen LogP contribution in [0.4, 0.5) is 5.69 Å². The Labute approximate surface area is 127 Å². The van der Waals surface area contributed by atoms with Crippen molar-refractivity contribution >= 4 is 29.2 Å². The van der Waals surface area contributed by atoms with Gasteiger partial charge in [0.2, 0.25) is 0 Å². The highest BCUT2D eigenvalue weighted by Gasteiger charge is 2.17. The van der Waals surface area contributed by atoms with Crippen molar-refractivity contribution in [3.63, 3.8) is 0 Å². The van der Waals surface area contributed by atoms with Gasteiger partial charge in [-0.05, 0) is 37.6 Å². The van der Waals surface area contributed by atoms with Crippen molar-refractivity contribution in [3.05, 3.63) is 63.7 Å². The lowest BCUT2D eigenvalue weighted by Gasteiger charge is -2.11. The lowest BCUT2D eigenvalue weighted by atomic mass is 10.0. The lowest BCUT2D eigenvalue weighted by Crippen LogP contribution is -2.16. The maximum atomic E-state index is 12.3. The first-order valence-electron chi connectivity index (χ1n) is 6.30. The molecule has 0 aliphatic carbocycles. The van der Waals surface area contributed by atoms with Crippen molar-refractivity contribution < 1.29 is 14.7 Å². The number of halogens is 1. The van der Waals surface area contributed by atoms with Gasteiger partial charge < -0.3 is 10.4 Å². The van der Waals surface area contributed by atoms with Crippen LogP contribution in [0.5, 0.6) is 0 Å². The number of carbonyl (C=O) groups excluding carboxylic acids is 1. The molecule has 108 valence electrons. The number of hydrogen-bond donors (Lipinski definition) is 2. The summed E-state index contributed by atoms with van der Waals surface area (Å²) >= 11 is 5.88. The lowest BCUT2D eigenvalue weighted by molar-refractivity contribution is 0.0698. The standard InChI is InChI=1S/C16H14ClNO3/c1-9-6-7-10(2)11(8-9)15(19)18-13-5-3-4-12(17)14(13)16(20)21/h3-8H,1-2H3,(H,18,19)(H,20,21). The fraction of sp³-hybridized carbons (Fsp3) is 0.125. The SMILES string of the molecule is Cc1ccc(C)c(C(=O)Nc2cccc(Cl)c2C(=O)O)c1. The zero-order chi connectivity index (χ0) is 15.6. The van der Waals surface area contributed by atoms with E-state index in [1.165, 1.54) is 12.1 Å². The molecule has 0 spiro atoms. The van der Waals surface area contributed by atoms with Gasteiger partial charge in [-0.2, -0.15) is 0 Å². The van der Waals surface area contributed by atoms with Crippen molar-refractivity contribution in [2.75, 3.05) is 5.32 Å². The maximum absolute atomic E-state index is 12.3. The Hall–Kier alpha value is -2.33. The van der Waals surface area contributed by atoms with Crippen LogP contribution in [0.15, 0.2) is 36.4 Å². The number of carboxylic acids is 1. The van der Waals surface area contributed by atoms with E-state index >= 15 is 0 Å². The second-order valence-corrected chi connectivity index (χ2v) is 5.15. The average Bonchev–Trinajstić information content (AvgIpc) is 2.41. The first-order valence-corrected chi connectivity index (χ1v) is 6.68. The third-order valence-corrected chi connectivity index (χ3v) is 3.43. The predicted octanol–water partition coefficient (Wildman–Crippen LogP) is 3.91. The van der Waals surface area contributed by atoms with Gasteiger partial charge in [0.05, 0.1) is 10.7 Å². The summed E-state index contributed by atoms with van der Waals surface area (Å²) in [6.07, 6.45) is 0. The summed E-state index contributed by atoms with van der Waals surface area (Å²) in [7, 11) is 0. The Bertz CT molecular complexity index is 725. The molecule has 0 saturated carbocycles. The molecule has 2 N–H and O–H groups in total. The quantitative estimate of drug-likeness (QED) is 0.903. The summed E-state index contributed by atoms with van der Waals surface area (Å²) < 4.78 is 0. The normalized spacial score (nSPS) is 10.2.